The van der Waals surface area contributed by atoms with Gasteiger partial charge in [-0.25, -0.2) is 15.0 Å². The van der Waals surface area contributed by atoms with Gasteiger partial charge in [0.1, 0.15) is 0 Å². The molecule has 5 aromatic carbocycles. The minimum Gasteiger partial charge on any atom is -0.265 e. The van der Waals surface area contributed by atoms with Crippen LogP contribution in [0.5, 0.6) is 0 Å². The maximum atomic E-state index is 5.04. The Morgan fingerprint density at radius 2 is 0.865 bits per heavy atom. The summed E-state index contributed by atoms with van der Waals surface area (Å²) in [6, 6.07) is 52.4. The molecule has 4 heterocycles. The largest absolute Gasteiger partial charge is 0.265 e. The number of pyridine rings is 3. The maximum absolute atomic E-state index is 5.04. The van der Waals surface area contributed by atoms with Gasteiger partial charge in [0.05, 0.1) is 5.52 Å². The fraction of sp³-hybridized carbons (Fsp3) is 0. The van der Waals surface area contributed by atoms with Crippen LogP contribution in [0.15, 0.2) is 183 Å². The average Bonchev–Trinajstić information content (AvgIpc) is 3.24. The van der Waals surface area contributed by atoms with Gasteiger partial charge in [0, 0.05) is 58.6 Å². The van der Waals surface area contributed by atoms with E-state index < -0.39 is 0 Å². The van der Waals surface area contributed by atoms with Crippen LogP contribution in [0.1, 0.15) is 0 Å². The highest BCUT2D eigenvalue weighted by molar-refractivity contribution is 6.03. The molecule has 0 aliphatic carbocycles. The molecule has 244 valence electrons. The first-order valence-electron chi connectivity index (χ1n) is 17.1. The Kier molecular flexibility index (Phi) is 8.08. The lowest BCUT2D eigenvalue weighted by molar-refractivity contribution is 1.07. The van der Waals surface area contributed by atoms with Gasteiger partial charge in [-0.3, -0.25) is 15.0 Å². The number of benzene rings is 5. The van der Waals surface area contributed by atoms with E-state index in [1.807, 2.05) is 36.5 Å². The van der Waals surface area contributed by atoms with Crippen molar-refractivity contribution in [3.8, 4) is 78.7 Å². The van der Waals surface area contributed by atoms with Crippen molar-refractivity contribution in [2.45, 2.75) is 0 Å². The first-order chi connectivity index (χ1) is 25.8. The third-order valence-corrected chi connectivity index (χ3v) is 9.21. The standard InChI is InChI=1S/C46H30N6/c1-3-10-31(11-4-1)37-16-8-17-39(42(37)32-12-5-2-6-13-32)38-20-19-36(30-41(38)40-18-7-14-33-15-9-25-49-43(33)40)46-51-44(34-21-26-47-27-22-34)50-45(52-46)35-23-28-48-29-24-35/h1-30H. The molecule has 9 aromatic rings. The molecule has 0 fully saturated rings. The number of aromatic nitrogens is 6. The van der Waals surface area contributed by atoms with Gasteiger partial charge in [0.2, 0.25) is 0 Å². The number of nitrogens with zero attached hydrogens (tertiary/aromatic N) is 6. The van der Waals surface area contributed by atoms with Gasteiger partial charge in [0.15, 0.2) is 17.5 Å². The van der Waals surface area contributed by atoms with Crippen LogP contribution in [-0.4, -0.2) is 29.9 Å². The predicted octanol–water partition coefficient (Wildman–Crippen LogP) is 10.9. The molecule has 0 bridgehead atoms. The van der Waals surface area contributed by atoms with Crippen molar-refractivity contribution in [1.29, 1.82) is 0 Å². The lowest BCUT2D eigenvalue weighted by atomic mass is 9.84. The van der Waals surface area contributed by atoms with Crippen LogP contribution in [-0.2, 0) is 0 Å². The van der Waals surface area contributed by atoms with E-state index in [0.717, 1.165) is 72.1 Å². The topological polar surface area (TPSA) is 77.3 Å². The zero-order valence-electron chi connectivity index (χ0n) is 28.0. The van der Waals surface area contributed by atoms with Crippen molar-refractivity contribution in [2.24, 2.45) is 0 Å². The van der Waals surface area contributed by atoms with Crippen LogP contribution in [0.4, 0.5) is 0 Å². The highest BCUT2D eigenvalue weighted by Crippen LogP contribution is 2.45. The van der Waals surface area contributed by atoms with Crippen LogP contribution >= 0.6 is 0 Å². The first kappa shape index (κ1) is 30.8. The first-order valence-corrected chi connectivity index (χ1v) is 17.1. The third kappa shape index (κ3) is 5.88. The fourth-order valence-electron chi connectivity index (χ4n) is 6.78. The van der Waals surface area contributed by atoms with Crippen molar-refractivity contribution in [3.05, 3.63) is 183 Å². The van der Waals surface area contributed by atoms with Gasteiger partial charge >= 0.3 is 0 Å². The summed E-state index contributed by atoms with van der Waals surface area (Å²) in [6.07, 6.45) is 8.85. The van der Waals surface area contributed by atoms with E-state index in [0.29, 0.717) is 17.5 Å². The minimum atomic E-state index is 0.566. The minimum absolute atomic E-state index is 0.566. The number of hydrogen-bond donors (Lipinski definition) is 0. The fourth-order valence-corrected chi connectivity index (χ4v) is 6.78. The third-order valence-electron chi connectivity index (χ3n) is 9.21. The molecule has 4 aromatic heterocycles. The molecule has 0 saturated heterocycles. The Bertz CT molecular complexity index is 2600. The van der Waals surface area contributed by atoms with Crippen LogP contribution in [0, 0.1) is 0 Å². The van der Waals surface area contributed by atoms with Crippen molar-refractivity contribution in [3.63, 3.8) is 0 Å². The molecule has 0 unspecified atom stereocenters. The van der Waals surface area contributed by atoms with Gasteiger partial charge in [-0.2, -0.15) is 0 Å². The Morgan fingerprint density at radius 3 is 1.54 bits per heavy atom. The van der Waals surface area contributed by atoms with Crippen molar-refractivity contribution >= 4 is 10.9 Å². The van der Waals surface area contributed by atoms with Crippen LogP contribution in [0.3, 0.4) is 0 Å². The molecule has 0 radical (unpaired) electrons. The second-order valence-electron chi connectivity index (χ2n) is 12.4. The molecule has 0 amide bonds. The van der Waals surface area contributed by atoms with E-state index in [2.05, 4.69) is 131 Å². The molecule has 0 saturated carbocycles. The lowest BCUT2D eigenvalue weighted by Crippen LogP contribution is -2.01. The molecule has 0 atom stereocenters. The molecule has 0 aliphatic rings. The molecule has 9 rings (SSSR count). The second-order valence-corrected chi connectivity index (χ2v) is 12.4. The zero-order chi connectivity index (χ0) is 34.7. The van der Waals surface area contributed by atoms with Gasteiger partial charge in [-0.05, 0) is 75.3 Å². The number of fused-ring (bicyclic) bond motifs is 1. The van der Waals surface area contributed by atoms with Crippen LogP contribution in [0.25, 0.3) is 89.6 Å². The van der Waals surface area contributed by atoms with E-state index >= 15 is 0 Å². The van der Waals surface area contributed by atoms with Crippen molar-refractivity contribution < 1.29 is 0 Å². The van der Waals surface area contributed by atoms with Gasteiger partial charge in [-0.1, -0.05) is 115 Å². The summed E-state index contributed by atoms with van der Waals surface area (Å²) in [7, 11) is 0. The van der Waals surface area contributed by atoms with Crippen molar-refractivity contribution in [2.75, 3.05) is 0 Å². The molecular formula is C46H30N6. The molecule has 0 N–H and O–H groups in total. The van der Waals surface area contributed by atoms with Crippen molar-refractivity contribution in [1.82, 2.24) is 29.9 Å². The predicted molar refractivity (Wildman–Crippen MR) is 209 cm³/mol. The zero-order valence-corrected chi connectivity index (χ0v) is 28.0. The summed E-state index contributed by atoms with van der Waals surface area (Å²) < 4.78 is 0. The Hall–Kier alpha value is -7.18. The summed E-state index contributed by atoms with van der Waals surface area (Å²) in [5, 5.41) is 1.07. The summed E-state index contributed by atoms with van der Waals surface area (Å²) >= 11 is 0. The average molecular weight is 667 g/mol. The summed E-state index contributed by atoms with van der Waals surface area (Å²) in [6.45, 7) is 0. The summed E-state index contributed by atoms with van der Waals surface area (Å²) in [4.78, 5) is 28.3. The quantitative estimate of drug-likeness (QED) is 0.168. The monoisotopic (exact) mass is 666 g/mol. The summed E-state index contributed by atoms with van der Waals surface area (Å²) in [5.41, 5.74) is 12.4. The number of para-hydroxylation sites is 1. The highest BCUT2D eigenvalue weighted by Gasteiger charge is 2.20. The van der Waals surface area contributed by atoms with E-state index in [9.17, 15) is 0 Å². The molecular weight excluding hydrogens is 637 g/mol. The number of rotatable bonds is 7. The van der Waals surface area contributed by atoms with E-state index in [1.54, 1.807) is 24.8 Å². The highest BCUT2D eigenvalue weighted by atomic mass is 15.0. The molecule has 6 heteroatoms. The normalized spacial score (nSPS) is 11.1. The Morgan fingerprint density at radius 1 is 0.308 bits per heavy atom. The van der Waals surface area contributed by atoms with E-state index in [-0.39, 0.29) is 0 Å². The maximum Gasteiger partial charge on any atom is 0.164 e. The molecule has 6 nitrogen and oxygen atoms in total. The smallest absolute Gasteiger partial charge is 0.164 e. The van der Waals surface area contributed by atoms with Gasteiger partial charge in [0.25, 0.3) is 0 Å². The van der Waals surface area contributed by atoms with E-state index in [1.165, 1.54) is 0 Å². The lowest BCUT2D eigenvalue weighted by Gasteiger charge is -2.20. The molecule has 52 heavy (non-hydrogen) atoms. The Balaban J connectivity index is 1.32. The van der Waals surface area contributed by atoms with Gasteiger partial charge in [-0.15, -0.1) is 0 Å². The van der Waals surface area contributed by atoms with E-state index in [4.69, 9.17) is 19.9 Å². The second kappa shape index (κ2) is 13.6. The SMILES string of the molecule is c1ccc(-c2cccc(-c3ccc(-c4nc(-c5ccncc5)nc(-c5ccncc5)n4)cc3-c3cccc4cccnc34)c2-c2ccccc2)cc1. The summed E-state index contributed by atoms with van der Waals surface area (Å²) in [5.74, 6) is 1.70. The van der Waals surface area contributed by atoms with Gasteiger partial charge < -0.3 is 0 Å². The number of hydrogen-bond acceptors (Lipinski definition) is 6. The molecule has 0 aliphatic heterocycles. The van der Waals surface area contributed by atoms with Crippen LogP contribution in [0.2, 0.25) is 0 Å². The van der Waals surface area contributed by atoms with Crippen LogP contribution < -0.4 is 0 Å². The Labute approximate surface area is 301 Å². The molecule has 0 spiro atoms.